The number of nitrogens with one attached hydrogen (secondary N) is 2. The predicted octanol–water partition coefficient (Wildman–Crippen LogP) is 3.74. The summed E-state index contributed by atoms with van der Waals surface area (Å²) in [4.78, 5) is 14.4. The first-order valence-corrected chi connectivity index (χ1v) is 6.87. The molecule has 0 radical (unpaired) electrons. The van der Waals surface area contributed by atoms with E-state index in [9.17, 15) is 14.3 Å². The van der Waals surface area contributed by atoms with Gasteiger partial charge in [0.1, 0.15) is 5.82 Å². The number of carbonyl (C=O) groups is 1. The first-order valence-electron chi connectivity index (χ1n) is 6.87. The highest BCUT2D eigenvalue weighted by Gasteiger charge is 2.11. The van der Waals surface area contributed by atoms with Crippen LogP contribution in [0.4, 0.5) is 15.8 Å². The lowest BCUT2D eigenvalue weighted by Gasteiger charge is -2.01. The van der Waals surface area contributed by atoms with Crippen molar-refractivity contribution in [3.05, 3.63) is 54.3 Å². The first kappa shape index (κ1) is 14.7. The number of hydrogen-bond donors (Lipinski definition) is 3. The summed E-state index contributed by atoms with van der Waals surface area (Å²) in [5.74, 6) is -1.25. The van der Waals surface area contributed by atoms with Gasteiger partial charge in [-0.1, -0.05) is 18.2 Å². The number of hydrogen-bond acceptors (Lipinski definition) is 4. The molecular formula is C16H13FN4O2. The van der Waals surface area contributed by atoms with Gasteiger partial charge in [0.2, 0.25) is 5.88 Å². The fraction of sp³-hybridized carbons (Fsp3) is 0.0625. The van der Waals surface area contributed by atoms with Gasteiger partial charge in [-0.15, -0.1) is 10.2 Å². The molecule has 116 valence electrons. The molecule has 0 spiro atoms. The molecule has 7 heteroatoms. The molecule has 0 atom stereocenters. The molecule has 1 amide bonds. The standard InChI is InChI=1S/C16H13FN4O2/c17-10-6-7-13-12(8-10)15(16(23)19-13)21-20-14(22)9-18-11-4-2-1-3-5-11/h1-8,18-19,23H,9H2. The van der Waals surface area contributed by atoms with Crippen LogP contribution in [0.2, 0.25) is 0 Å². The van der Waals surface area contributed by atoms with Gasteiger partial charge in [0.15, 0.2) is 5.69 Å². The van der Waals surface area contributed by atoms with Crippen LogP contribution in [0.1, 0.15) is 0 Å². The molecule has 6 nitrogen and oxygen atoms in total. The smallest absolute Gasteiger partial charge is 0.283 e. The Labute approximate surface area is 130 Å². The van der Waals surface area contributed by atoms with Gasteiger partial charge in [0, 0.05) is 11.1 Å². The van der Waals surface area contributed by atoms with E-state index >= 15 is 0 Å². The highest BCUT2D eigenvalue weighted by molar-refractivity contribution is 5.94. The Morgan fingerprint density at radius 2 is 2.00 bits per heavy atom. The zero-order chi connectivity index (χ0) is 16.2. The molecule has 1 aromatic heterocycles. The fourth-order valence-electron chi connectivity index (χ4n) is 2.11. The summed E-state index contributed by atoms with van der Waals surface area (Å²) in [6.45, 7) is -0.0367. The van der Waals surface area contributed by atoms with Gasteiger partial charge in [-0.05, 0) is 30.3 Å². The van der Waals surface area contributed by atoms with E-state index < -0.39 is 11.7 Å². The molecule has 1 heterocycles. The number of nitrogens with zero attached hydrogens (tertiary/aromatic N) is 2. The maximum absolute atomic E-state index is 13.3. The summed E-state index contributed by atoms with van der Waals surface area (Å²) >= 11 is 0. The number of halogens is 1. The normalized spacial score (nSPS) is 11.2. The Bertz CT molecular complexity index is 874. The maximum Gasteiger partial charge on any atom is 0.283 e. The number of azo groups is 1. The van der Waals surface area contributed by atoms with Crippen molar-refractivity contribution in [1.29, 1.82) is 0 Å². The molecule has 0 aliphatic heterocycles. The summed E-state index contributed by atoms with van der Waals surface area (Å²) in [6.07, 6.45) is 0. The summed E-state index contributed by atoms with van der Waals surface area (Å²) < 4.78 is 13.3. The van der Waals surface area contributed by atoms with Crippen molar-refractivity contribution in [2.75, 3.05) is 11.9 Å². The zero-order valence-electron chi connectivity index (χ0n) is 12.0. The second-order valence-corrected chi connectivity index (χ2v) is 4.83. The van der Waals surface area contributed by atoms with Crippen LogP contribution in [0.5, 0.6) is 5.88 Å². The third kappa shape index (κ3) is 3.34. The lowest BCUT2D eigenvalue weighted by atomic mass is 10.2. The van der Waals surface area contributed by atoms with Crippen molar-refractivity contribution >= 4 is 28.2 Å². The molecular weight excluding hydrogens is 299 g/mol. The Balaban J connectivity index is 1.73. The van der Waals surface area contributed by atoms with Crippen molar-refractivity contribution in [2.24, 2.45) is 10.2 Å². The number of H-pyrrole nitrogens is 1. The van der Waals surface area contributed by atoms with E-state index in [0.29, 0.717) is 10.9 Å². The van der Waals surface area contributed by atoms with Crippen molar-refractivity contribution in [2.45, 2.75) is 0 Å². The van der Waals surface area contributed by atoms with E-state index in [1.807, 2.05) is 30.3 Å². The summed E-state index contributed by atoms with van der Waals surface area (Å²) in [5, 5.41) is 20.3. The lowest BCUT2D eigenvalue weighted by Crippen LogP contribution is -2.10. The molecule has 3 aromatic rings. The predicted molar refractivity (Wildman–Crippen MR) is 84.4 cm³/mol. The van der Waals surface area contributed by atoms with Crippen molar-refractivity contribution < 1.29 is 14.3 Å². The van der Waals surface area contributed by atoms with Crippen LogP contribution < -0.4 is 5.32 Å². The van der Waals surface area contributed by atoms with E-state index in [2.05, 4.69) is 20.5 Å². The quantitative estimate of drug-likeness (QED) is 0.641. The van der Waals surface area contributed by atoms with E-state index in [0.717, 1.165) is 5.69 Å². The molecule has 0 aliphatic carbocycles. The SMILES string of the molecule is O=C(CNc1ccccc1)N=Nc1c(O)[nH]c2ccc(F)cc12. The molecule has 0 saturated carbocycles. The third-order valence-corrected chi connectivity index (χ3v) is 3.19. The molecule has 23 heavy (non-hydrogen) atoms. The average molecular weight is 312 g/mol. The monoisotopic (exact) mass is 312 g/mol. The number of carbonyl (C=O) groups excluding carboxylic acids is 1. The van der Waals surface area contributed by atoms with Gasteiger partial charge in [-0.25, -0.2) is 4.39 Å². The minimum absolute atomic E-state index is 0.0348. The first-order chi connectivity index (χ1) is 11.1. The molecule has 0 aliphatic rings. The van der Waals surface area contributed by atoms with Gasteiger partial charge in [-0.3, -0.25) is 4.79 Å². The van der Waals surface area contributed by atoms with E-state index in [1.54, 1.807) is 0 Å². The number of aromatic amines is 1. The largest absolute Gasteiger partial charge is 0.493 e. The van der Waals surface area contributed by atoms with Crippen LogP contribution in [-0.4, -0.2) is 22.5 Å². The van der Waals surface area contributed by atoms with Crippen LogP contribution in [0.25, 0.3) is 10.9 Å². The van der Waals surface area contributed by atoms with E-state index in [-0.39, 0.29) is 18.1 Å². The Kier molecular flexibility index (Phi) is 4.01. The molecule has 0 bridgehead atoms. The van der Waals surface area contributed by atoms with Gasteiger partial charge in [0.05, 0.1) is 12.1 Å². The minimum atomic E-state index is -0.515. The topological polar surface area (TPSA) is 89.8 Å². The van der Waals surface area contributed by atoms with Crippen LogP contribution in [0.3, 0.4) is 0 Å². The van der Waals surface area contributed by atoms with Crippen molar-refractivity contribution in [1.82, 2.24) is 4.98 Å². The van der Waals surface area contributed by atoms with Crippen LogP contribution in [0, 0.1) is 5.82 Å². The number of benzene rings is 2. The third-order valence-electron chi connectivity index (χ3n) is 3.19. The van der Waals surface area contributed by atoms with E-state index in [4.69, 9.17) is 0 Å². The number of fused-ring (bicyclic) bond motifs is 1. The molecule has 0 fully saturated rings. The Morgan fingerprint density at radius 1 is 1.22 bits per heavy atom. The Morgan fingerprint density at radius 3 is 2.78 bits per heavy atom. The highest BCUT2D eigenvalue weighted by Crippen LogP contribution is 2.35. The number of aromatic nitrogens is 1. The van der Waals surface area contributed by atoms with Crippen molar-refractivity contribution in [3.8, 4) is 5.88 Å². The van der Waals surface area contributed by atoms with E-state index in [1.165, 1.54) is 18.2 Å². The molecule has 3 N–H and O–H groups in total. The fourth-order valence-corrected chi connectivity index (χ4v) is 2.11. The zero-order valence-corrected chi connectivity index (χ0v) is 12.0. The molecule has 3 rings (SSSR count). The number of amides is 1. The van der Waals surface area contributed by atoms with Gasteiger partial charge >= 0.3 is 0 Å². The van der Waals surface area contributed by atoms with Crippen LogP contribution >= 0.6 is 0 Å². The maximum atomic E-state index is 13.3. The second kappa shape index (κ2) is 6.27. The highest BCUT2D eigenvalue weighted by atomic mass is 19.1. The summed E-state index contributed by atoms with van der Waals surface area (Å²) in [7, 11) is 0. The number of aromatic hydroxyl groups is 1. The van der Waals surface area contributed by atoms with Crippen molar-refractivity contribution in [3.63, 3.8) is 0 Å². The Hall–Kier alpha value is -3.22. The molecule has 0 saturated heterocycles. The second-order valence-electron chi connectivity index (χ2n) is 4.83. The average Bonchev–Trinajstić information content (AvgIpc) is 2.86. The minimum Gasteiger partial charge on any atom is -0.493 e. The molecule has 2 aromatic carbocycles. The van der Waals surface area contributed by atoms with Gasteiger partial charge < -0.3 is 15.4 Å². The van der Waals surface area contributed by atoms with Gasteiger partial charge in [-0.2, -0.15) is 0 Å². The summed E-state index contributed by atoms with van der Waals surface area (Å²) in [5.41, 5.74) is 1.33. The molecule has 0 unspecified atom stereocenters. The van der Waals surface area contributed by atoms with Crippen LogP contribution in [-0.2, 0) is 4.79 Å². The van der Waals surface area contributed by atoms with Gasteiger partial charge in [0.25, 0.3) is 5.91 Å². The number of rotatable bonds is 4. The number of para-hydroxylation sites is 1. The lowest BCUT2D eigenvalue weighted by molar-refractivity contribution is -0.116. The summed E-state index contributed by atoms with van der Waals surface area (Å²) in [6, 6.07) is 13.1. The van der Waals surface area contributed by atoms with Crippen LogP contribution in [0.15, 0.2) is 58.8 Å². The number of anilines is 1.